The predicted octanol–water partition coefficient (Wildman–Crippen LogP) is 10.3. The summed E-state index contributed by atoms with van der Waals surface area (Å²) in [4.78, 5) is 13.2. The van der Waals surface area contributed by atoms with Crippen molar-refractivity contribution < 1.29 is 19.0 Å². The summed E-state index contributed by atoms with van der Waals surface area (Å²) in [5.41, 5.74) is 4.34. The van der Waals surface area contributed by atoms with Crippen LogP contribution in [0, 0.1) is 0 Å². The number of nitrogens with zero attached hydrogens (tertiary/aromatic N) is 5. The highest BCUT2D eigenvalue weighted by Gasteiger charge is 2.12. The summed E-state index contributed by atoms with van der Waals surface area (Å²) in [6.45, 7) is 2.24. The minimum atomic E-state index is -0.601. The van der Waals surface area contributed by atoms with E-state index in [1.165, 1.54) is 37.8 Å². The third kappa shape index (κ3) is 12.1. The molecule has 0 bridgehead atoms. The van der Waals surface area contributed by atoms with Crippen molar-refractivity contribution in [2.24, 2.45) is 20.5 Å². The van der Waals surface area contributed by atoms with Crippen LogP contribution in [0.5, 0.6) is 5.75 Å². The van der Waals surface area contributed by atoms with Gasteiger partial charge in [0.2, 0.25) is 0 Å². The molecule has 0 amide bonds. The molecule has 1 saturated heterocycles. The summed E-state index contributed by atoms with van der Waals surface area (Å²) in [7, 11) is 1.32. The molecule has 1 heterocycles. The van der Waals surface area contributed by atoms with E-state index in [4.69, 9.17) is 9.47 Å². The number of ether oxygens (including phenoxy) is 3. The number of carbonyl (C=O) groups is 1. The van der Waals surface area contributed by atoms with E-state index in [1.807, 2.05) is 72.4 Å². The highest BCUT2D eigenvalue weighted by atomic mass is 32.2. The molecule has 3 aromatic carbocycles. The molecule has 3 aromatic rings. The molecule has 0 radical (unpaired) electrons. The maximum Gasteiger partial charge on any atom is 0.507 e. The molecule has 0 unspecified atom stereocenters. The zero-order valence-electron chi connectivity index (χ0n) is 24.9. The fourth-order valence-electron chi connectivity index (χ4n) is 4.44. The van der Waals surface area contributed by atoms with Gasteiger partial charge in [-0.2, -0.15) is 20.5 Å². The van der Waals surface area contributed by atoms with Gasteiger partial charge in [0.25, 0.3) is 0 Å². The lowest BCUT2D eigenvalue weighted by molar-refractivity contribution is 0.0713. The van der Waals surface area contributed by atoms with Crippen LogP contribution in [0.1, 0.15) is 51.4 Å². The summed E-state index contributed by atoms with van der Waals surface area (Å²) in [5.74, 6) is 3.07. The van der Waals surface area contributed by atoms with Gasteiger partial charge in [0.05, 0.1) is 48.9 Å². The fraction of sp³-hybridized carbons (Fsp3) is 0.424. The Balaban J connectivity index is 1.07. The molecule has 9 nitrogen and oxygen atoms in total. The van der Waals surface area contributed by atoms with Crippen molar-refractivity contribution in [2.75, 3.05) is 43.4 Å². The summed E-state index contributed by atoms with van der Waals surface area (Å²) in [6.07, 6.45) is 8.35. The van der Waals surface area contributed by atoms with Gasteiger partial charge in [-0.15, -0.1) is 11.8 Å². The summed E-state index contributed by atoms with van der Waals surface area (Å²) < 4.78 is 15.2. The second kappa shape index (κ2) is 18.6. The number of hydrogen-bond acceptors (Lipinski definition) is 10. The van der Waals surface area contributed by atoms with Crippen LogP contribution < -0.4 is 9.64 Å². The number of thioether (sulfide) groups is 1. The van der Waals surface area contributed by atoms with Gasteiger partial charge in [-0.25, -0.2) is 4.79 Å². The van der Waals surface area contributed by atoms with E-state index in [0.29, 0.717) is 13.2 Å². The Kier molecular flexibility index (Phi) is 13.8. The molecule has 43 heavy (non-hydrogen) atoms. The first-order valence-electron chi connectivity index (χ1n) is 15.0. The summed E-state index contributed by atoms with van der Waals surface area (Å²) in [6, 6.07) is 23.4. The van der Waals surface area contributed by atoms with Crippen molar-refractivity contribution in [1.82, 2.24) is 0 Å². The number of methoxy groups -OCH3 is 1. The average Bonchev–Trinajstić information content (AvgIpc) is 3.60. The summed E-state index contributed by atoms with van der Waals surface area (Å²) >= 11 is 1.96. The monoisotopic (exact) mass is 603 g/mol. The maximum atomic E-state index is 10.9. The molecule has 1 aliphatic heterocycles. The van der Waals surface area contributed by atoms with Crippen molar-refractivity contribution in [3.05, 3.63) is 72.8 Å². The van der Waals surface area contributed by atoms with Crippen molar-refractivity contribution in [3.8, 4) is 5.75 Å². The van der Waals surface area contributed by atoms with E-state index in [2.05, 4.69) is 42.2 Å². The van der Waals surface area contributed by atoms with Gasteiger partial charge in [-0.3, -0.25) is 0 Å². The zero-order chi connectivity index (χ0) is 30.0. The lowest BCUT2D eigenvalue weighted by Crippen LogP contribution is -2.17. The highest BCUT2D eigenvalue weighted by Crippen LogP contribution is 2.27. The molecular weight excluding hydrogens is 562 g/mol. The number of anilines is 1. The third-order valence-electron chi connectivity index (χ3n) is 6.91. The maximum absolute atomic E-state index is 10.9. The Morgan fingerprint density at radius 1 is 0.674 bits per heavy atom. The largest absolute Gasteiger partial charge is 0.507 e. The van der Waals surface area contributed by atoms with Crippen LogP contribution in [-0.4, -0.2) is 44.7 Å². The van der Waals surface area contributed by atoms with E-state index in [-0.39, 0.29) is 0 Å². The van der Waals surface area contributed by atoms with Crippen molar-refractivity contribution in [1.29, 1.82) is 0 Å². The van der Waals surface area contributed by atoms with Gasteiger partial charge >= 0.3 is 6.16 Å². The second-order valence-electron chi connectivity index (χ2n) is 10.2. The number of unbranched alkanes of at least 4 members (excludes halogenated alkanes) is 7. The zero-order valence-corrected chi connectivity index (χ0v) is 25.7. The van der Waals surface area contributed by atoms with E-state index >= 15 is 0 Å². The number of benzene rings is 3. The predicted molar refractivity (Wildman–Crippen MR) is 173 cm³/mol. The first-order valence-corrected chi connectivity index (χ1v) is 16.1. The molecule has 1 aliphatic rings. The van der Waals surface area contributed by atoms with Gasteiger partial charge in [0.15, 0.2) is 0 Å². The Morgan fingerprint density at radius 2 is 1.14 bits per heavy atom. The molecule has 0 aromatic heterocycles. The molecular formula is C33H41N5O4S. The van der Waals surface area contributed by atoms with Crippen LogP contribution in [0.15, 0.2) is 93.3 Å². The van der Waals surface area contributed by atoms with Crippen LogP contribution >= 0.6 is 11.8 Å². The van der Waals surface area contributed by atoms with E-state index in [0.717, 1.165) is 73.0 Å². The molecule has 0 spiro atoms. The second-order valence-corrected chi connectivity index (χ2v) is 11.3. The van der Waals surface area contributed by atoms with Gasteiger partial charge in [-0.1, -0.05) is 38.5 Å². The number of azo groups is 2. The first kappa shape index (κ1) is 32.0. The third-order valence-corrected chi connectivity index (χ3v) is 7.88. The minimum absolute atomic E-state index is 0.436. The number of rotatable bonds is 17. The van der Waals surface area contributed by atoms with Gasteiger partial charge < -0.3 is 19.1 Å². The quantitative estimate of drug-likeness (QED) is 0.0865. The van der Waals surface area contributed by atoms with Gasteiger partial charge in [0.1, 0.15) is 5.75 Å². The Labute approximate surface area is 258 Å². The smallest absolute Gasteiger partial charge is 0.494 e. The summed E-state index contributed by atoms with van der Waals surface area (Å²) in [5, 5.41) is 17.4. The average molecular weight is 604 g/mol. The van der Waals surface area contributed by atoms with Crippen LogP contribution in [0.2, 0.25) is 0 Å². The van der Waals surface area contributed by atoms with E-state index in [1.54, 1.807) is 0 Å². The van der Waals surface area contributed by atoms with Gasteiger partial charge in [-0.05, 0) is 85.6 Å². The van der Waals surface area contributed by atoms with E-state index < -0.39 is 6.16 Å². The normalized spacial score (nSPS) is 13.2. The topological polar surface area (TPSA) is 97.4 Å². The van der Waals surface area contributed by atoms with E-state index in [9.17, 15) is 4.79 Å². The molecule has 228 valence electrons. The lowest BCUT2D eigenvalue weighted by Gasteiger charge is -2.16. The number of carbonyl (C=O) groups excluding carboxylic acids is 1. The van der Waals surface area contributed by atoms with Crippen molar-refractivity contribution in [3.63, 3.8) is 0 Å². The molecule has 0 saturated carbocycles. The standard InChI is InChI=1S/C33H41N5O4S/c1-40-33(39)42-24-9-7-5-3-2-4-6-8-23-41-32-20-16-30(17-21-32)37-35-28-12-10-27(11-13-28)34-36-29-14-18-31(19-15-29)38-22-25-43-26-38/h10-21H,2-9,22-26H2,1H3. The minimum Gasteiger partial charge on any atom is -0.494 e. The fourth-order valence-corrected chi connectivity index (χ4v) is 5.42. The van der Waals surface area contributed by atoms with Crippen LogP contribution in [0.4, 0.5) is 33.2 Å². The van der Waals surface area contributed by atoms with Gasteiger partial charge in [0, 0.05) is 18.0 Å². The van der Waals surface area contributed by atoms with Crippen LogP contribution in [0.3, 0.4) is 0 Å². The SMILES string of the molecule is COC(=O)OCCCCCCCCCCOc1ccc(N=Nc2ccc(N=Nc3ccc(N4CCSC4)cc3)cc2)cc1. The molecule has 10 heteroatoms. The van der Waals surface area contributed by atoms with Crippen molar-refractivity contribution >= 4 is 46.4 Å². The molecule has 4 rings (SSSR count). The molecule has 0 aliphatic carbocycles. The Hall–Kier alpha value is -3.92. The highest BCUT2D eigenvalue weighted by molar-refractivity contribution is 7.99. The lowest BCUT2D eigenvalue weighted by atomic mass is 10.1. The van der Waals surface area contributed by atoms with Crippen LogP contribution in [0.25, 0.3) is 0 Å². The molecule has 0 N–H and O–H groups in total. The Bertz CT molecular complexity index is 1280. The first-order chi connectivity index (χ1) is 21.2. The molecule has 0 atom stereocenters. The van der Waals surface area contributed by atoms with Crippen molar-refractivity contribution in [2.45, 2.75) is 51.4 Å². The van der Waals surface area contributed by atoms with Crippen LogP contribution in [-0.2, 0) is 9.47 Å². The number of hydrogen-bond donors (Lipinski definition) is 0. The molecule has 1 fully saturated rings. The Morgan fingerprint density at radius 3 is 1.63 bits per heavy atom.